The highest BCUT2D eigenvalue weighted by Gasteiger charge is 2.40. The summed E-state index contributed by atoms with van der Waals surface area (Å²) in [4.78, 5) is 140. The SMILES string of the molecule is C[C@@H]1NC(=O)[C@H](Cc2ccccc2)NC(=O)[C@H](CCC(N)=O)NC(=O)[C@H](NC(=O)[C@@H]2CCCN2C(=O)[C@H](Cc2ccccc2)NC(=O)[C@@H](N)Cc2ccc(O)cc2)CSSC[C@@H](C(=O)O)NC(=O)[C@H](Cc2ccccc2)NC1=O. The lowest BCUT2D eigenvalue weighted by Crippen LogP contribution is -2.61. The van der Waals surface area contributed by atoms with Crippen LogP contribution in [-0.4, -0.2) is 147 Å². The molecule has 4 aromatic rings. The Morgan fingerprint density at radius 1 is 0.658 bits per heavy atom. The number of nitrogens with one attached hydrogen (secondary N) is 7. The fourth-order valence-electron chi connectivity index (χ4n) is 8.84. The minimum absolute atomic E-state index is 0.0306. The molecule has 2 aliphatic heterocycles. The van der Waals surface area contributed by atoms with Crippen molar-refractivity contribution in [3.05, 3.63) is 138 Å². The van der Waals surface area contributed by atoms with Gasteiger partial charge in [-0.1, -0.05) is 125 Å². The quantitative estimate of drug-likeness (QED) is 0.0627. The fraction of sp³-hybridized carbons (Fsp3) is 0.382. The molecule has 22 nitrogen and oxygen atoms in total. The van der Waals surface area contributed by atoms with E-state index in [1.54, 1.807) is 103 Å². The second-order valence-electron chi connectivity index (χ2n) is 19.2. The highest BCUT2D eigenvalue weighted by atomic mass is 33.1. The van der Waals surface area contributed by atoms with E-state index in [0.29, 0.717) is 28.7 Å². The van der Waals surface area contributed by atoms with E-state index in [4.69, 9.17) is 11.5 Å². The molecule has 0 unspecified atom stereocenters. The van der Waals surface area contributed by atoms with Gasteiger partial charge in [0.15, 0.2) is 0 Å². The number of likely N-dealkylation sites (tertiary alicyclic amines) is 1. The third kappa shape index (κ3) is 18.6. The third-order valence-corrected chi connectivity index (χ3v) is 15.6. The predicted octanol–water partition coefficient (Wildman–Crippen LogP) is 0.140. The summed E-state index contributed by atoms with van der Waals surface area (Å²) in [6.07, 6.45) is -0.295. The normalized spacial score (nSPS) is 22.5. The molecule has 79 heavy (non-hydrogen) atoms. The van der Waals surface area contributed by atoms with Crippen molar-refractivity contribution in [1.82, 2.24) is 42.1 Å². The van der Waals surface area contributed by atoms with Crippen molar-refractivity contribution in [2.45, 2.75) is 113 Å². The average molecular weight is 1120 g/mol. The van der Waals surface area contributed by atoms with E-state index in [1.807, 2.05) is 0 Å². The lowest BCUT2D eigenvalue weighted by Gasteiger charge is -2.31. The van der Waals surface area contributed by atoms with Crippen LogP contribution in [0.1, 0.15) is 54.9 Å². The minimum atomic E-state index is -1.54. The van der Waals surface area contributed by atoms with Gasteiger partial charge in [0.2, 0.25) is 53.2 Å². The number of hydrogen-bond acceptors (Lipinski definition) is 14. The lowest BCUT2D eigenvalue weighted by atomic mass is 10.0. The van der Waals surface area contributed by atoms with Gasteiger partial charge >= 0.3 is 5.97 Å². The molecule has 0 bridgehead atoms. The monoisotopic (exact) mass is 1120 g/mol. The zero-order chi connectivity index (χ0) is 57.0. The van der Waals surface area contributed by atoms with Gasteiger partial charge in [0.25, 0.3) is 0 Å². The first-order chi connectivity index (χ1) is 37.8. The second-order valence-corrected chi connectivity index (χ2v) is 21.8. The summed E-state index contributed by atoms with van der Waals surface area (Å²) in [6, 6.07) is 20.2. The Labute approximate surface area is 464 Å². The van der Waals surface area contributed by atoms with Gasteiger partial charge in [0.1, 0.15) is 54.1 Å². The predicted molar refractivity (Wildman–Crippen MR) is 295 cm³/mol. The number of phenolic OH excluding ortho intramolecular Hbond substituents is 1. The Kier molecular flexibility index (Phi) is 22.7. The summed E-state index contributed by atoms with van der Waals surface area (Å²) in [5.41, 5.74) is 14.4. The smallest absolute Gasteiger partial charge is 0.327 e. The minimum Gasteiger partial charge on any atom is -0.508 e. The number of rotatable bonds is 17. The van der Waals surface area contributed by atoms with Gasteiger partial charge in [0, 0.05) is 43.7 Å². The molecule has 13 N–H and O–H groups in total. The molecule has 2 aliphatic rings. The second kappa shape index (κ2) is 29.7. The van der Waals surface area contributed by atoms with E-state index in [9.17, 15) is 58.2 Å². The topological polar surface area (TPSA) is 351 Å². The molecule has 9 atom stereocenters. The molecule has 2 heterocycles. The van der Waals surface area contributed by atoms with Crippen molar-refractivity contribution in [3.63, 3.8) is 0 Å². The van der Waals surface area contributed by atoms with Crippen LogP contribution in [-0.2, 0) is 73.6 Å². The molecule has 0 radical (unpaired) electrons. The Bertz CT molecular complexity index is 2780. The number of phenols is 1. The number of carboxylic acid groups (broad SMARTS) is 1. The first kappa shape index (κ1) is 60.3. The standard InChI is InChI=1S/C55H66N10O12S2/c1-32-47(68)60-41(28-34-14-7-3-8-15-34)51(72)64-44(55(76)77)31-79-78-30-43(52(73)59-39(23-24-46(57)67)49(70)61-40(50(71)58-32)27-33-12-5-2-6-13-33)63-53(74)45-18-11-25-65(45)54(75)42(29-35-16-9-4-10-17-35)62-48(69)38(56)26-36-19-21-37(66)22-20-36/h2-10,12-17,19-22,32,38-45,66H,11,18,23-31,56H2,1H3,(H2,57,67)(H,58,71)(H,59,73)(H,60,68)(H,61,70)(H,62,69)(H,63,74)(H,64,72)(H,76,77)/t32-,38-,39-,40-,41-,42-,43+,44-,45-/m0/s1. The van der Waals surface area contributed by atoms with Crippen LogP contribution in [0.15, 0.2) is 115 Å². The highest BCUT2D eigenvalue weighted by Crippen LogP contribution is 2.25. The zero-order valence-electron chi connectivity index (χ0n) is 43.3. The van der Waals surface area contributed by atoms with Gasteiger partial charge in [-0.05, 0) is 67.0 Å². The van der Waals surface area contributed by atoms with Gasteiger partial charge < -0.3 is 63.8 Å². The van der Waals surface area contributed by atoms with Crippen LogP contribution in [0, 0.1) is 0 Å². The maximum atomic E-state index is 14.6. The molecule has 6 rings (SSSR count). The molecule has 420 valence electrons. The van der Waals surface area contributed by atoms with Crippen molar-refractivity contribution < 1.29 is 58.2 Å². The molecule has 0 aromatic heterocycles. The molecule has 4 aromatic carbocycles. The number of hydrogen-bond donors (Lipinski definition) is 11. The number of carboxylic acids is 1. The summed E-state index contributed by atoms with van der Waals surface area (Å²) in [7, 11) is 1.89. The van der Waals surface area contributed by atoms with Gasteiger partial charge in [-0.3, -0.25) is 43.2 Å². The van der Waals surface area contributed by atoms with Crippen molar-refractivity contribution in [1.29, 1.82) is 0 Å². The number of carbonyl (C=O) groups is 10. The van der Waals surface area contributed by atoms with Crippen LogP contribution >= 0.6 is 21.6 Å². The third-order valence-electron chi connectivity index (χ3n) is 13.2. The Morgan fingerprint density at radius 2 is 1.18 bits per heavy atom. The number of nitrogens with zero attached hydrogens (tertiary/aromatic N) is 1. The maximum Gasteiger partial charge on any atom is 0.327 e. The maximum absolute atomic E-state index is 14.6. The van der Waals surface area contributed by atoms with E-state index in [2.05, 4.69) is 37.2 Å². The summed E-state index contributed by atoms with van der Waals surface area (Å²) >= 11 is 0. The van der Waals surface area contributed by atoms with Crippen LogP contribution in [0.2, 0.25) is 0 Å². The Balaban J connectivity index is 1.28. The summed E-state index contributed by atoms with van der Waals surface area (Å²) in [5.74, 6) is -9.11. The van der Waals surface area contributed by atoms with E-state index >= 15 is 0 Å². The van der Waals surface area contributed by atoms with E-state index in [1.165, 1.54) is 24.0 Å². The van der Waals surface area contributed by atoms with E-state index in [0.717, 1.165) is 21.6 Å². The largest absolute Gasteiger partial charge is 0.508 e. The molecule has 2 fully saturated rings. The van der Waals surface area contributed by atoms with Crippen LogP contribution in [0.25, 0.3) is 0 Å². The number of aromatic hydroxyl groups is 1. The van der Waals surface area contributed by atoms with Crippen LogP contribution < -0.4 is 48.7 Å². The molecular weight excluding hydrogens is 1060 g/mol. The summed E-state index contributed by atoms with van der Waals surface area (Å²) in [5, 5.41) is 38.5. The summed E-state index contributed by atoms with van der Waals surface area (Å²) in [6.45, 7) is 1.46. The van der Waals surface area contributed by atoms with Gasteiger partial charge in [0.05, 0.1) is 6.04 Å². The number of amides is 9. The number of nitrogens with two attached hydrogens (primary N) is 2. The van der Waals surface area contributed by atoms with Crippen molar-refractivity contribution in [2.24, 2.45) is 11.5 Å². The van der Waals surface area contributed by atoms with Crippen LogP contribution in [0.4, 0.5) is 0 Å². The number of aliphatic carboxylic acids is 1. The van der Waals surface area contributed by atoms with E-state index in [-0.39, 0.29) is 62.3 Å². The number of carbonyl (C=O) groups excluding carboxylic acids is 9. The van der Waals surface area contributed by atoms with Gasteiger partial charge in [-0.15, -0.1) is 0 Å². The highest BCUT2D eigenvalue weighted by molar-refractivity contribution is 8.76. The zero-order valence-corrected chi connectivity index (χ0v) is 45.0. The molecule has 0 spiro atoms. The van der Waals surface area contributed by atoms with Gasteiger partial charge in [-0.2, -0.15) is 0 Å². The molecular formula is C55H66N10O12S2. The Hall–Kier alpha value is -7.96. The van der Waals surface area contributed by atoms with Gasteiger partial charge in [-0.25, -0.2) is 4.79 Å². The number of primary amides is 1. The fourth-order valence-corrected chi connectivity index (χ4v) is 11.2. The molecule has 0 saturated carbocycles. The molecule has 9 amide bonds. The van der Waals surface area contributed by atoms with Crippen molar-refractivity contribution >= 4 is 80.7 Å². The molecule has 0 aliphatic carbocycles. The molecule has 2 saturated heterocycles. The average Bonchev–Trinajstić information content (AvgIpc) is 3.95. The van der Waals surface area contributed by atoms with Crippen LogP contribution in [0.5, 0.6) is 5.75 Å². The van der Waals surface area contributed by atoms with Crippen LogP contribution in [0.3, 0.4) is 0 Å². The Morgan fingerprint density at radius 3 is 1.76 bits per heavy atom. The summed E-state index contributed by atoms with van der Waals surface area (Å²) < 4.78 is 0. The molecule has 24 heteroatoms. The van der Waals surface area contributed by atoms with Crippen molar-refractivity contribution in [3.8, 4) is 5.75 Å². The lowest BCUT2D eigenvalue weighted by molar-refractivity contribution is -0.142. The van der Waals surface area contributed by atoms with Crippen molar-refractivity contribution in [2.75, 3.05) is 18.1 Å². The first-order valence-electron chi connectivity index (χ1n) is 25.7. The first-order valence-corrected chi connectivity index (χ1v) is 28.2. The van der Waals surface area contributed by atoms with E-state index < -0.39 is 120 Å². The number of benzene rings is 4.